The van der Waals surface area contributed by atoms with Crippen LogP contribution in [-0.2, 0) is 0 Å². The van der Waals surface area contributed by atoms with E-state index in [1.165, 1.54) is 0 Å². The van der Waals surface area contributed by atoms with Crippen molar-refractivity contribution in [1.82, 2.24) is 4.98 Å². The highest BCUT2D eigenvalue weighted by Crippen LogP contribution is 2.21. The summed E-state index contributed by atoms with van der Waals surface area (Å²) in [7, 11) is 0. The molecule has 0 bridgehead atoms. The normalized spacial score (nSPS) is 12.5. The van der Waals surface area contributed by atoms with Crippen LogP contribution < -0.4 is 15.8 Å². The van der Waals surface area contributed by atoms with Gasteiger partial charge in [-0.2, -0.15) is 4.98 Å². The standard InChI is InChI=1S/C13H23N3O2/c1-4-10(17)7-15-12-6-5-11(14)13(16-12)18-8-9(2)3/h5-6,9-10,17H,4,7-8,14H2,1-3H3,(H,15,16). The largest absolute Gasteiger partial charge is 0.476 e. The van der Waals surface area contributed by atoms with Gasteiger partial charge in [-0.15, -0.1) is 0 Å². The van der Waals surface area contributed by atoms with Gasteiger partial charge in [0, 0.05) is 6.54 Å². The number of aliphatic hydroxyl groups excluding tert-OH is 1. The first-order valence-corrected chi connectivity index (χ1v) is 6.34. The summed E-state index contributed by atoms with van der Waals surface area (Å²) in [6.45, 7) is 7.11. The van der Waals surface area contributed by atoms with E-state index in [1.807, 2.05) is 6.92 Å². The first-order chi connectivity index (χ1) is 8.52. The average Bonchev–Trinajstić information content (AvgIpc) is 2.35. The lowest BCUT2D eigenvalue weighted by atomic mass is 10.2. The second kappa shape index (κ2) is 7.06. The second-order valence-corrected chi connectivity index (χ2v) is 4.74. The molecule has 0 aromatic carbocycles. The summed E-state index contributed by atoms with van der Waals surface area (Å²) in [6, 6.07) is 3.53. The van der Waals surface area contributed by atoms with Crippen LogP contribution >= 0.6 is 0 Å². The zero-order chi connectivity index (χ0) is 13.5. The molecule has 0 aliphatic carbocycles. The molecule has 1 rings (SSSR count). The Morgan fingerprint density at radius 1 is 1.44 bits per heavy atom. The number of hydrogen-bond donors (Lipinski definition) is 3. The topological polar surface area (TPSA) is 80.4 Å². The van der Waals surface area contributed by atoms with E-state index in [0.29, 0.717) is 42.9 Å². The molecule has 0 radical (unpaired) electrons. The smallest absolute Gasteiger partial charge is 0.239 e. The lowest BCUT2D eigenvalue weighted by Crippen LogP contribution is -2.19. The number of aliphatic hydroxyl groups is 1. The first-order valence-electron chi connectivity index (χ1n) is 6.34. The first kappa shape index (κ1) is 14.6. The molecular weight excluding hydrogens is 230 g/mol. The zero-order valence-electron chi connectivity index (χ0n) is 11.3. The minimum absolute atomic E-state index is 0.371. The Bertz CT molecular complexity index is 369. The molecule has 1 unspecified atom stereocenters. The van der Waals surface area contributed by atoms with Crippen molar-refractivity contribution in [2.45, 2.75) is 33.3 Å². The Morgan fingerprint density at radius 2 is 2.17 bits per heavy atom. The summed E-state index contributed by atoms with van der Waals surface area (Å²) in [5.41, 5.74) is 6.32. The van der Waals surface area contributed by atoms with Gasteiger partial charge in [-0.25, -0.2) is 0 Å². The molecule has 18 heavy (non-hydrogen) atoms. The predicted octanol–water partition coefficient (Wildman–Crippen LogP) is 1.88. The second-order valence-electron chi connectivity index (χ2n) is 4.74. The van der Waals surface area contributed by atoms with Crippen molar-refractivity contribution < 1.29 is 9.84 Å². The van der Waals surface area contributed by atoms with Crippen molar-refractivity contribution in [3.8, 4) is 5.88 Å². The van der Waals surface area contributed by atoms with Crippen LogP contribution in [0.25, 0.3) is 0 Å². The van der Waals surface area contributed by atoms with Crippen LogP contribution in [-0.4, -0.2) is 29.3 Å². The maximum Gasteiger partial charge on any atom is 0.239 e. The predicted molar refractivity (Wildman–Crippen MR) is 73.8 cm³/mol. The number of nitrogens with zero attached hydrogens (tertiary/aromatic N) is 1. The molecule has 1 aromatic rings. The molecule has 0 spiro atoms. The number of nitrogens with two attached hydrogens (primary N) is 1. The number of anilines is 2. The average molecular weight is 253 g/mol. The number of rotatable bonds is 7. The van der Waals surface area contributed by atoms with Crippen LogP contribution in [0, 0.1) is 5.92 Å². The minimum Gasteiger partial charge on any atom is -0.476 e. The lowest BCUT2D eigenvalue weighted by molar-refractivity contribution is 0.183. The van der Waals surface area contributed by atoms with Gasteiger partial charge in [0.15, 0.2) is 0 Å². The third kappa shape index (κ3) is 4.79. The van der Waals surface area contributed by atoms with Crippen LogP contribution in [0.4, 0.5) is 11.5 Å². The molecule has 0 saturated heterocycles. The van der Waals surface area contributed by atoms with E-state index in [4.69, 9.17) is 10.5 Å². The Balaban J connectivity index is 2.62. The number of nitrogens with one attached hydrogen (secondary N) is 1. The highest BCUT2D eigenvalue weighted by Gasteiger charge is 2.07. The van der Waals surface area contributed by atoms with Crippen molar-refractivity contribution in [3.63, 3.8) is 0 Å². The lowest BCUT2D eigenvalue weighted by Gasteiger charge is -2.13. The monoisotopic (exact) mass is 253 g/mol. The summed E-state index contributed by atoms with van der Waals surface area (Å²) in [5, 5.41) is 12.5. The van der Waals surface area contributed by atoms with Crippen molar-refractivity contribution in [3.05, 3.63) is 12.1 Å². The van der Waals surface area contributed by atoms with Crippen LogP contribution in [0.1, 0.15) is 27.2 Å². The van der Waals surface area contributed by atoms with Gasteiger partial charge in [-0.05, 0) is 24.5 Å². The fourth-order valence-corrected chi connectivity index (χ4v) is 1.28. The van der Waals surface area contributed by atoms with Crippen LogP contribution in [0.15, 0.2) is 12.1 Å². The van der Waals surface area contributed by atoms with Gasteiger partial charge in [0.2, 0.25) is 5.88 Å². The maximum absolute atomic E-state index is 9.47. The molecule has 0 aliphatic heterocycles. The van der Waals surface area contributed by atoms with E-state index in [1.54, 1.807) is 12.1 Å². The van der Waals surface area contributed by atoms with Gasteiger partial charge in [-0.3, -0.25) is 0 Å². The molecule has 5 nitrogen and oxygen atoms in total. The summed E-state index contributed by atoms with van der Waals surface area (Å²) >= 11 is 0. The summed E-state index contributed by atoms with van der Waals surface area (Å²) in [4.78, 5) is 4.28. The van der Waals surface area contributed by atoms with Gasteiger partial charge in [0.25, 0.3) is 0 Å². The van der Waals surface area contributed by atoms with Gasteiger partial charge < -0.3 is 20.9 Å². The molecule has 0 saturated carbocycles. The van der Waals surface area contributed by atoms with Gasteiger partial charge in [-0.1, -0.05) is 20.8 Å². The van der Waals surface area contributed by atoms with E-state index in [2.05, 4.69) is 24.1 Å². The van der Waals surface area contributed by atoms with Crippen molar-refractivity contribution in [2.24, 2.45) is 5.92 Å². The van der Waals surface area contributed by atoms with E-state index in [9.17, 15) is 5.11 Å². The Hall–Kier alpha value is -1.49. The maximum atomic E-state index is 9.47. The molecule has 0 fully saturated rings. The molecule has 1 atom stereocenters. The van der Waals surface area contributed by atoms with E-state index in [0.717, 1.165) is 0 Å². The van der Waals surface area contributed by atoms with Crippen molar-refractivity contribution >= 4 is 11.5 Å². The number of pyridine rings is 1. The Kier molecular flexibility index (Phi) is 5.71. The minimum atomic E-state index is -0.371. The van der Waals surface area contributed by atoms with Gasteiger partial charge in [0.1, 0.15) is 5.82 Å². The summed E-state index contributed by atoms with van der Waals surface area (Å²) in [6.07, 6.45) is 0.336. The Labute approximate surface area is 108 Å². The highest BCUT2D eigenvalue weighted by atomic mass is 16.5. The fourth-order valence-electron chi connectivity index (χ4n) is 1.28. The summed E-state index contributed by atoms with van der Waals surface area (Å²) < 4.78 is 5.53. The number of hydrogen-bond acceptors (Lipinski definition) is 5. The summed E-state index contributed by atoms with van der Waals surface area (Å²) in [5.74, 6) is 1.53. The number of nitrogen functional groups attached to an aromatic ring is 1. The van der Waals surface area contributed by atoms with E-state index < -0.39 is 0 Å². The van der Waals surface area contributed by atoms with E-state index >= 15 is 0 Å². The van der Waals surface area contributed by atoms with Gasteiger partial charge >= 0.3 is 0 Å². The molecule has 1 heterocycles. The molecular formula is C13H23N3O2. The van der Waals surface area contributed by atoms with Crippen LogP contribution in [0.5, 0.6) is 5.88 Å². The van der Waals surface area contributed by atoms with Gasteiger partial charge in [0.05, 0.1) is 18.4 Å². The third-order valence-corrected chi connectivity index (χ3v) is 2.43. The quantitative estimate of drug-likeness (QED) is 0.691. The van der Waals surface area contributed by atoms with E-state index in [-0.39, 0.29) is 6.10 Å². The zero-order valence-corrected chi connectivity index (χ0v) is 11.3. The van der Waals surface area contributed by atoms with Crippen molar-refractivity contribution in [2.75, 3.05) is 24.2 Å². The van der Waals surface area contributed by atoms with Crippen LogP contribution in [0.3, 0.4) is 0 Å². The number of aromatic nitrogens is 1. The molecule has 0 amide bonds. The molecule has 5 heteroatoms. The van der Waals surface area contributed by atoms with Crippen molar-refractivity contribution in [1.29, 1.82) is 0 Å². The van der Waals surface area contributed by atoms with Crippen LogP contribution in [0.2, 0.25) is 0 Å². The third-order valence-electron chi connectivity index (χ3n) is 2.43. The fraction of sp³-hybridized carbons (Fsp3) is 0.615. The highest BCUT2D eigenvalue weighted by molar-refractivity contribution is 5.53. The molecule has 0 aliphatic rings. The molecule has 4 N–H and O–H groups in total. The molecule has 1 aromatic heterocycles. The Morgan fingerprint density at radius 3 is 2.78 bits per heavy atom. The SMILES string of the molecule is CCC(O)CNc1ccc(N)c(OCC(C)C)n1. The molecule has 102 valence electrons. The number of ether oxygens (including phenoxy) is 1.